The van der Waals surface area contributed by atoms with Crippen LogP contribution in [0.15, 0.2) is 53.3 Å². The van der Waals surface area contributed by atoms with Crippen molar-refractivity contribution in [3.8, 4) is 0 Å². The lowest BCUT2D eigenvalue weighted by molar-refractivity contribution is -0.137. The third kappa shape index (κ3) is 6.75. The first-order chi connectivity index (χ1) is 12.8. The number of hydrogen-bond acceptors (Lipinski definition) is 6. The zero-order valence-electron chi connectivity index (χ0n) is 13.5. The highest BCUT2D eigenvalue weighted by molar-refractivity contribution is 9.10. The maximum absolute atomic E-state index is 12.6. The van der Waals surface area contributed by atoms with E-state index in [1.807, 2.05) is 6.07 Å². The number of carbonyl (C=O) groups excluding carboxylic acids is 1. The molecule has 5 N–H and O–H groups in total. The number of rotatable bonds is 6. The molecule has 0 saturated heterocycles. The highest BCUT2D eigenvalue weighted by Crippen LogP contribution is 2.29. The largest absolute Gasteiger partial charge is 0.417 e. The first-order valence-electron chi connectivity index (χ1n) is 7.29. The molecule has 2 aromatic rings. The fourth-order valence-electron chi connectivity index (χ4n) is 1.80. The molecule has 8 nitrogen and oxygen atoms in total. The summed E-state index contributed by atoms with van der Waals surface area (Å²) in [5.74, 6) is 4.90. The Bertz CT molecular complexity index is 814. The zero-order valence-corrected chi connectivity index (χ0v) is 15.1. The van der Waals surface area contributed by atoms with Gasteiger partial charge in [0, 0.05) is 16.9 Å². The lowest BCUT2D eigenvalue weighted by atomic mass is 10.2. The number of amides is 2. The number of nitrogens with one attached hydrogen (secondary N) is 3. The second kappa shape index (κ2) is 9.19. The smallest absolute Gasteiger partial charge is 0.391 e. The molecule has 0 aliphatic heterocycles. The van der Waals surface area contributed by atoms with Gasteiger partial charge in [0.1, 0.15) is 0 Å². The maximum atomic E-state index is 12.6. The number of halogens is 4. The standard InChI is InChI=1S/C15H14BrF3N6O2/c16-10-1-2-11(23-5-10)6-22-8-13(27-20)25-14(26)24-12-3-9(4-21-7-12)15(17,18)19/h1-5,7-8,22H,6,20H2,(H2,24,25,26)/b13-8-. The third-order valence-electron chi connectivity index (χ3n) is 2.99. The molecule has 2 rings (SSSR count). The van der Waals surface area contributed by atoms with Crippen LogP contribution >= 0.6 is 15.9 Å². The maximum Gasteiger partial charge on any atom is 0.417 e. The van der Waals surface area contributed by atoms with Crippen LogP contribution in [0.25, 0.3) is 0 Å². The fraction of sp³-hybridized carbons (Fsp3) is 0.133. The minimum Gasteiger partial charge on any atom is -0.391 e. The Balaban J connectivity index is 1.91. The quantitative estimate of drug-likeness (QED) is 0.400. The number of alkyl halides is 3. The summed E-state index contributed by atoms with van der Waals surface area (Å²) in [6.07, 6.45) is 0.0393. The molecule has 2 amide bonds. The van der Waals surface area contributed by atoms with Crippen molar-refractivity contribution < 1.29 is 22.8 Å². The number of aromatic nitrogens is 2. The van der Waals surface area contributed by atoms with Crippen LogP contribution < -0.4 is 21.8 Å². The first-order valence-corrected chi connectivity index (χ1v) is 8.08. The van der Waals surface area contributed by atoms with Crippen LogP contribution in [-0.4, -0.2) is 16.0 Å². The Morgan fingerprint density at radius 1 is 1.30 bits per heavy atom. The van der Waals surface area contributed by atoms with Gasteiger partial charge in [0.15, 0.2) is 0 Å². The minimum atomic E-state index is -4.57. The molecule has 0 atom stereocenters. The van der Waals surface area contributed by atoms with Crippen LogP contribution in [0.3, 0.4) is 0 Å². The summed E-state index contributed by atoms with van der Waals surface area (Å²) >= 11 is 3.26. The van der Waals surface area contributed by atoms with E-state index in [1.165, 1.54) is 6.20 Å². The van der Waals surface area contributed by atoms with Gasteiger partial charge in [0.2, 0.25) is 5.88 Å². The molecular formula is C15H14BrF3N6O2. The van der Waals surface area contributed by atoms with Gasteiger partial charge < -0.3 is 15.5 Å². The molecule has 144 valence electrons. The van der Waals surface area contributed by atoms with Crippen LogP contribution in [-0.2, 0) is 17.6 Å². The van der Waals surface area contributed by atoms with E-state index in [9.17, 15) is 18.0 Å². The molecule has 0 aromatic carbocycles. The molecule has 12 heteroatoms. The van der Waals surface area contributed by atoms with Crippen LogP contribution in [0.4, 0.5) is 23.7 Å². The van der Waals surface area contributed by atoms with Gasteiger partial charge in [-0.15, -0.1) is 0 Å². The topological polar surface area (TPSA) is 114 Å². The van der Waals surface area contributed by atoms with Gasteiger partial charge in [-0.3, -0.25) is 15.3 Å². The molecule has 0 radical (unpaired) electrons. The monoisotopic (exact) mass is 446 g/mol. The van der Waals surface area contributed by atoms with Crippen molar-refractivity contribution in [2.75, 3.05) is 5.32 Å². The third-order valence-corrected chi connectivity index (χ3v) is 3.46. The highest BCUT2D eigenvalue weighted by atomic mass is 79.9. The summed E-state index contributed by atoms with van der Waals surface area (Å²) in [7, 11) is 0. The molecule has 27 heavy (non-hydrogen) atoms. The number of nitrogens with two attached hydrogens (primary N) is 1. The van der Waals surface area contributed by atoms with E-state index in [4.69, 9.17) is 5.90 Å². The van der Waals surface area contributed by atoms with Crippen molar-refractivity contribution in [3.63, 3.8) is 0 Å². The van der Waals surface area contributed by atoms with E-state index in [0.717, 1.165) is 16.7 Å². The Morgan fingerprint density at radius 2 is 2.07 bits per heavy atom. The highest BCUT2D eigenvalue weighted by Gasteiger charge is 2.31. The van der Waals surface area contributed by atoms with Gasteiger partial charge in [-0.25, -0.2) is 4.79 Å². The van der Waals surface area contributed by atoms with E-state index < -0.39 is 17.8 Å². The van der Waals surface area contributed by atoms with Crippen LogP contribution in [0.2, 0.25) is 0 Å². The number of nitrogens with zero attached hydrogens (tertiary/aromatic N) is 2. The van der Waals surface area contributed by atoms with Crippen molar-refractivity contribution >= 4 is 27.6 Å². The van der Waals surface area contributed by atoms with Gasteiger partial charge in [-0.2, -0.15) is 19.1 Å². The van der Waals surface area contributed by atoms with E-state index in [-0.39, 0.29) is 11.6 Å². The van der Waals surface area contributed by atoms with E-state index in [1.54, 1.807) is 12.3 Å². The Labute approximate surface area is 160 Å². The van der Waals surface area contributed by atoms with E-state index in [0.29, 0.717) is 18.4 Å². The lowest BCUT2D eigenvalue weighted by Crippen LogP contribution is -2.31. The molecule has 0 bridgehead atoms. The number of carbonyl (C=O) groups is 1. The van der Waals surface area contributed by atoms with E-state index >= 15 is 0 Å². The molecule has 2 aromatic heterocycles. The molecule has 0 spiro atoms. The minimum absolute atomic E-state index is 0.147. The summed E-state index contributed by atoms with van der Waals surface area (Å²) in [6.45, 7) is 0.320. The summed E-state index contributed by atoms with van der Waals surface area (Å²) in [4.78, 5) is 23.9. The van der Waals surface area contributed by atoms with Gasteiger partial charge in [-0.1, -0.05) is 0 Å². The van der Waals surface area contributed by atoms with Crippen LogP contribution in [0.5, 0.6) is 0 Å². The Morgan fingerprint density at radius 3 is 2.70 bits per heavy atom. The van der Waals surface area contributed by atoms with Gasteiger partial charge in [0.25, 0.3) is 0 Å². The molecule has 0 fully saturated rings. The van der Waals surface area contributed by atoms with Gasteiger partial charge in [-0.05, 0) is 34.1 Å². The second-order valence-electron chi connectivity index (χ2n) is 5.01. The first kappa shape index (κ1) is 20.5. The second-order valence-corrected chi connectivity index (χ2v) is 5.93. The Hall–Kier alpha value is -2.86. The molecule has 2 heterocycles. The van der Waals surface area contributed by atoms with Crippen LogP contribution in [0, 0.1) is 0 Å². The molecule has 0 saturated carbocycles. The molecule has 0 aliphatic carbocycles. The normalized spacial score (nSPS) is 11.7. The van der Waals surface area contributed by atoms with Gasteiger partial charge >= 0.3 is 12.2 Å². The number of urea groups is 1. The molecule has 0 unspecified atom stereocenters. The van der Waals surface area contributed by atoms with Crippen molar-refractivity contribution in [1.82, 2.24) is 20.6 Å². The van der Waals surface area contributed by atoms with Crippen molar-refractivity contribution in [2.45, 2.75) is 12.7 Å². The van der Waals surface area contributed by atoms with Crippen LogP contribution in [0.1, 0.15) is 11.3 Å². The van der Waals surface area contributed by atoms with Crippen molar-refractivity contribution in [2.24, 2.45) is 5.90 Å². The van der Waals surface area contributed by atoms with E-state index in [2.05, 4.69) is 46.7 Å². The van der Waals surface area contributed by atoms with Gasteiger partial charge in [0.05, 0.1) is 35.9 Å². The zero-order chi connectivity index (χ0) is 19.9. The summed E-state index contributed by atoms with van der Waals surface area (Å²) in [5.41, 5.74) is -0.425. The van der Waals surface area contributed by atoms with Crippen molar-refractivity contribution in [3.05, 3.63) is 64.6 Å². The number of hydrogen-bond donors (Lipinski definition) is 4. The predicted molar refractivity (Wildman–Crippen MR) is 93.5 cm³/mol. The molecular weight excluding hydrogens is 433 g/mol. The SMILES string of the molecule is NO/C(=C\NCc1ccc(Br)cn1)NC(=O)Nc1cncc(C(F)(F)F)c1. The summed E-state index contributed by atoms with van der Waals surface area (Å²) < 4.78 is 38.8. The number of anilines is 1. The van der Waals surface area contributed by atoms with Crippen molar-refractivity contribution in [1.29, 1.82) is 0 Å². The Kier molecular flexibility index (Phi) is 6.96. The predicted octanol–water partition coefficient (Wildman–Crippen LogP) is 2.86. The summed E-state index contributed by atoms with van der Waals surface area (Å²) in [5, 5.41) is 7.25. The number of pyridine rings is 2. The average molecular weight is 447 g/mol. The summed E-state index contributed by atoms with van der Waals surface area (Å²) in [6, 6.07) is 3.46. The molecule has 0 aliphatic rings. The average Bonchev–Trinajstić information content (AvgIpc) is 2.62. The lowest BCUT2D eigenvalue weighted by Gasteiger charge is -2.11. The fourth-order valence-corrected chi connectivity index (χ4v) is 2.03.